The third-order valence-corrected chi connectivity index (χ3v) is 4.34. The van der Waals surface area contributed by atoms with E-state index in [1.807, 2.05) is 30.0 Å². The molecule has 0 aromatic carbocycles. The van der Waals surface area contributed by atoms with Crippen LogP contribution in [0.3, 0.4) is 0 Å². The average Bonchev–Trinajstić information content (AvgIpc) is 2.99. The number of aliphatic imine (C=N–C) groups is 1. The fourth-order valence-corrected chi connectivity index (χ4v) is 3.17. The van der Waals surface area contributed by atoms with Crippen LogP contribution in [0.15, 0.2) is 40.5 Å². The van der Waals surface area contributed by atoms with Crippen LogP contribution in [0, 0.1) is 0 Å². The van der Waals surface area contributed by atoms with Crippen molar-refractivity contribution in [3.05, 3.63) is 36.8 Å². The van der Waals surface area contributed by atoms with Gasteiger partial charge in [0.2, 0.25) is 0 Å². The first-order chi connectivity index (χ1) is 9.88. The van der Waals surface area contributed by atoms with Gasteiger partial charge >= 0.3 is 0 Å². The summed E-state index contributed by atoms with van der Waals surface area (Å²) < 4.78 is 5.32. The van der Waals surface area contributed by atoms with E-state index in [1.165, 1.54) is 18.6 Å². The van der Waals surface area contributed by atoms with Gasteiger partial charge in [-0.25, -0.2) is 0 Å². The minimum atomic E-state index is 0. The van der Waals surface area contributed by atoms with Crippen molar-refractivity contribution in [2.24, 2.45) is 4.99 Å². The fraction of sp³-hybridized carbons (Fsp3) is 0.533. The molecule has 2 rings (SSSR count). The zero-order valence-electron chi connectivity index (χ0n) is 12.2. The molecule has 1 aromatic rings. The molecule has 2 heterocycles. The highest BCUT2D eigenvalue weighted by molar-refractivity contribution is 14.0. The maximum absolute atomic E-state index is 5.32. The lowest BCUT2D eigenvalue weighted by Gasteiger charge is -2.24. The summed E-state index contributed by atoms with van der Waals surface area (Å²) in [7, 11) is 0. The summed E-state index contributed by atoms with van der Waals surface area (Å²) in [4.78, 5) is 4.61. The summed E-state index contributed by atoms with van der Waals surface area (Å²) >= 11 is 2.01. The molecule has 2 N–H and O–H groups in total. The molecule has 21 heavy (non-hydrogen) atoms. The summed E-state index contributed by atoms with van der Waals surface area (Å²) in [6.07, 6.45) is 6.88. The third kappa shape index (κ3) is 7.26. The van der Waals surface area contributed by atoms with Gasteiger partial charge in [-0.3, -0.25) is 4.99 Å². The molecule has 0 spiro atoms. The lowest BCUT2D eigenvalue weighted by molar-refractivity contribution is 0.510. The van der Waals surface area contributed by atoms with Crippen molar-refractivity contribution in [2.45, 2.75) is 25.3 Å². The second kappa shape index (κ2) is 11.0. The SMILES string of the molecule is C=CCNC(=NCCc1ccco1)NC1CCCSC1.I. The molecule has 0 saturated carbocycles. The molecule has 0 amide bonds. The molecule has 118 valence electrons. The van der Waals surface area contributed by atoms with Crippen LogP contribution in [0.1, 0.15) is 18.6 Å². The molecule has 4 nitrogen and oxygen atoms in total. The minimum Gasteiger partial charge on any atom is -0.469 e. The van der Waals surface area contributed by atoms with E-state index in [-0.39, 0.29) is 24.0 Å². The van der Waals surface area contributed by atoms with Crippen LogP contribution in [0.4, 0.5) is 0 Å². The maximum atomic E-state index is 5.32. The van der Waals surface area contributed by atoms with E-state index < -0.39 is 0 Å². The van der Waals surface area contributed by atoms with Gasteiger partial charge in [0.1, 0.15) is 5.76 Å². The Morgan fingerprint density at radius 1 is 1.57 bits per heavy atom. The van der Waals surface area contributed by atoms with Crippen LogP contribution in [-0.2, 0) is 6.42 Å². The number of guanidine groups is 1. The van der Waals surface area contributed by atoms with E-state index in [0.29, 0.717) is 6.04 Å². The Bertz CT molecular complexity index is 417. The largest absolute Gasteiger partial charge is 0.469 e. The normalized spacial score (nSPS) is 18.7. The van der Waals surface area contributed by atoms with Gasteiger partial charge in [0.15, 0.2) is 5.96 Å². The number of thioether (sulfide) groups is 1. The van der Waals surface area contributed by atoms with E-state index in [2.05, 4.69) is 22.2 Å². The molecule has 1 unspecified atom stereocenters. The molecule has 1 aliphatic rings. The van der Waals surface area contributed by atoms with Gasteiger partial charge in [0.05, 0.1) is 6.26 Å². The smallest absolute Gasteiger partial charge is 0.191 e. The number of hydrogen-bond donors (Lipinski definition) is 2. The molecule has 6 heteroatoms. The lowest BCUT2D eigenvalue weighted by atomic mass is 10.2. The Labute approximate surface area is 148 Å². The molecule has 1 saturated heterocycles. The maximum Gasteiger partial charge on any atom is 0.191 e. The van der Waals surface area contributed by atoms with E-state index in [1.54, 1.807) is 6.26 Å². The lowest BCUT2D eigenvalue weighted by Crippen LogP contribution is -2.45. The highest BCUT2D eigenvalue weighted by atomic mass is 127. The Balaban J connectivity index is 0.00000220. The van der Waals surface area contributed by atoms with E-state index in [4.69, 9.17) is 4.42 Å². The minimum absolute atomic E-state index is 0. The number of nitrogens with one attached hydrogen (secondary N) is 2. The van der Waals surface area contributed by atoms with Crippen LogP contribution in [0.5, 0.6) is 0 Å². The van der Waals surface area contributed by atoms with E-state index in [0.717, 1.165) is 37.0 Å². The molecule has 1 atom stereocenters. The standard InChI is InChI=1S/C15H23N3OS.HI/c1-2-8-16-15(18-13-5-4-11-20-12-13)17-9-7-14-6-3-10-19-14;/h2-3,6,10,13H,1,4-5,7-9,11-12H2,(H2,16,17,18);1H. The van der Waals surface area contributed by atoms with Crippen LogP contribution >= 0.6 is 35.7 Å². The Morgan fingerprint density at radius 3 is 3.14 bits per heavy atom. The Kier molecular flexibility index (Phi) is 9.65. The zero-order chi connectivity index (χ0) is 14.0. The quantitative estimate of drug-likeness (QED) is 0.321. The second-order valence-electron chi connectivity index (χ2n) is 4.79. The van der Waals surface area contributed by atoms with Crippen molar-refractivity contribution in [1.29, 1.82) is 0 Å². The average molecular weight is 421 g/mol. The number of hydrogen-bond acceptors (Lipinski definition) is 3. The predicted molar refractivity (Wildman–Crippen MR) is 102 cm³/mol. The van der Waals surface area contributed by atoms with Crippen molar-refractivity contribution in [1.82, 2.24) is 10.6 Å². The first kappa shape index (κ1) is 18.4. The topological polar surface area (TPSA) is 49.6 Å². The van der Waals surface area contributed by atoms with Gasteiger partial charge < -0.3 is 15.1 Å². The third-order valence-electron chi connectivity index (χ3n) is 3.12. The number of halogens is 1. The Hall–Kier alpha value is -0.630. The van der Waals surface area contributed by atoms with Crippen molar-refractivity contribution < 1.29 is 4.42 Å². The van der Waals surface area contributed by atoms with Crippen LogP contribution in [-0.4, -0.2) is 36.6 Å². The summed E-state index contributed by atoms with van der Waals surface area (Å²) in [6.45, 7) is 5.19. The van der Waals surface area contributed by atoms with Gasteiger partial charge in [-0.05, 0) is 30.7 Å². The van der Waals surface area contributed by atoms with Crippen molar-refractivity contribution >= 4 is 41.7 Å². The molecule has 0 radical (unpaired) electrons. The molecule has 0 bridgehead atoms. The van der Waals surface area contributed by atoms with Gasteiger partial charge in [-0.1, -0.05) is 6.08 Å². The highest BCUT2D eigenvalue weighted by Crippen LogP contribution is 2.16. The molecular weight excluding hydrogens is 397 g/mol. The second-order valence-corrected chi connectivity index (χ2v) is 5.94. The number of rotatable bonds is 6. The van der Waals surface area contributed by atoms with Gasteiger partial charge in [0.25, 0.3) is 0 Å². The summed E-state index contributed by atoms with van der Waals surface area (Å²) in [5, 5.41) is 6.79. The van der Waals surface area contributed by atoms with Crippen molar-refractivity contribution in [3.8, 4) is 0 Å². The molecule has 0 aliphatic carbocycles. The number of furan rings is 1. The molecule has 1 fully saturated rings. The first-order valence-corrected chi connectivity index (χ1v) is 8.30. The van der Waals surface area contributed by atoms with Gasteiger partial charge in [-0.2, -0.15) is 11.8 Å². The Morgan fingerprint density at radius 2 is 2.48 bits per heavy atom. The highest BCUT2D eigenvalue weighted by Gasteiger charge is 2.14. The van der Waals surface area contributed by atoms with Crippen molar-refractivity contribution in [3.63, 3.8) is 0 Å². The van der Waals surface area contributed by atoms with Gasteiger partial charge in [-0.15, -0.1) is 30.6 Å². The monoisotopic (exact) mass is 421 g/mol. The summed E-state index contributed by atoms with van der Waals surface area (Å²) in [6, 6.07) is 4.42. The molecule has 1 aromatic heterocycles. The first-order valence-electron chi connectivity index (χ1n) is 7.14. The molecule has 1 aliphatic heterocycles. The fourth-order valence-electron chi connectivity index (χ4n) is 2.10. The molecular formula is C15H24IN3OS. The summed E-state index contributed by atoms with van der Waals surface area (Å²) in [5.74, 6) is 4.30. The van der Waals surface area contributed by atoms with Crippen LogP contribution in [0.2, 0.25) is 0 Å². The summed E-state index contributed by atoms with van der Waals surface area (Å²) in [5.41, 5.74) is 0. The zero-order valence-corrected chi connectivity index (χ0v) is 15.4. The van der Waals surface area contributed by atoms with Gasteiger partial charge in [0, 0.05) is 31.3 Å². The van der Waals surface area contributed by atoms with Crippen LogP contribution < -0.4 is 10.6 Å². The van der Waals surface area contributed by atoms with E-state index in [9.17, 15) is 0 Å². The van der Waals surface area contributed by atoms with Crippen LogP contribution in [0.25, 0.3) is 0 Å². The predicted octanol–water partition coefficient (Wildman–Crippen LogP) is 3.06. The number of nitrogens with zero attached hydrogens (tertiary/aromatic N) is 1. The van der Waals surface area contributed by atoms with E-state index >= 15 is 0 Å². The van der Waals surface area contributed by atoms with Crippen molar-refractivity contribution in [2.75, 3.05) is 24.6 Å².